The summed E-state index contributed by atoms with van der Waals surface area (Å²) in [5, 5.41) is 2.64. The number of hydrogen-bond acceptors (Lipinski definition) is 2. The maximum Gasteiger partial charge on any atom is 0.416 e. The molecule has 2 amide bonds. The van der Waals surface area contributed by atoms with Crippen LogP contribution in [0.3, 0.4) is 0 Å². The van der Waals surface area contributed by atoms with Gasteiger partial charge in [-0.05, 0) is 30.3 Å². The molecular formula is C17H14ClF3N2O2. The summed E-state index contributed by atoms with van der Waals surface area (Å²) in [7, 11) is 0. The van der Waals surface area contributed by atoms with Crippen molar-refractivity contribution in [1.82, 2.24) is 0 Å². The molecule has 0 radical (unpaired) electrons. The van der Waals surface area contributed by atoms with Crippen molar-refractivity contribution >= 4 is 34.8 Å². The Kier molecular flexibility index (Phi) is 5.69. The van der Waals surface area contributed by atoms with Crippen molar-refractivity contribution < 1.29 is 22.8 Å². The van der Waals surface area contributed by atoms with E-state index in [0.717, 1.165) is 17.0 Å². The molecule has 0 fully saturated rings. The Balaban J connectivity index is 2.15. The van der Waals surface area contributed by atoms with Crippen molar-refractivity contribution in [1.29, 1.82) is 0 Å². The van der Waals surface area contributed by atoms with Gasteiger partial charge in [0.2, 0.25) is 11.8 Å². The van der Waals surface area contributed by atoms with Crippen molar-refractivity contribution in [2.45, 2.75) is 13.1 Å². The molecule has 4 nitrogen and oxygen atoms in total. The predicted molar refractivity (Wildman–Crippen MR) is 89.6 cm³/mol. The van der Waals surface area contributed by atoms with Crippen molar-refractivity contribution in [3.63, 3.8) is 0 Å². The summed E-state index contributed by atoms with van der Waals surface area (Å²) < 4.78 is 38.1. The second-order valence-electron chi connectivity index (χ2n) is 5.18. The van der Waals surface area contributed by atoms with Crippen LogP contribution in [-0.4, -0.2) is 18.4 Å². The van der Waals surface area contributed by atoms with E-state index in [0.29, 0.717) is 5.69 Å². The summed E-state index contributed by atoms with van der Waals surface area (Å²) in [6.45, 7) is 0.885. The van der Waals surface area contributed by atoms with Gasteiger partial charge in [0, 0.05) is 12.6 Å². The lowest BCUT2D eigenvalue weighted by Crippen LogP contribution is -2.36. The third-order valence-electron chi connectivity index (χ3n) is 3.30. The molecule has 0 aliphatic rings. The highest BCUT2D eigenvalue weighted by Gasteiger charge is 2.30. The molecule has 1 N–H and O–H groups in total. The van der Waals surface area contributed by atoms with E-state index in [9.17, 15) is 22.8 Å². The molecule has 0 aliphatic carbocycles. The summed E-state index contributed by atoms with van der Waals surface area (Å²) in [5.74, 6) is -1.07. The number of carbonyl (C=O) groups is 2. The number of nitrogens with zero attached hydrogens (tertiary/aromatic N) is 1. The number of benzene rings is 2. The van der Waals surface area contributed by atoms with Crippen LogP contribution in [0.15, 0.2) is 48.5 Å². The fraction of sp³-hybridized carbons (Fsp3) is 0.176. The summed E-state index contributed by atoms with van der Waals surface area (Å²) in [6.07, 6.45) is -4.51. The van der Waals surface area contributed by atoms with Crippen LogP contribution >= 0.6 is 11.6 Å². The van der Waals surface area contributed by atoms with E-state index in [4.69, 9.17) is 11.6 Å². The van der Waals surface area contributed by atoms with E-state index < -0.39 is 23.6 Å². The first-order valence-corrected chi connectivity index (χ1v) is 7.56. The van der Waals surface area contributed by atoms with Crippen LogP contribution in [0.25, 0.3) is 0 Å². The highest BCUT2D eigenvalue weighted by atomic mass is 35.5. The van der Waals surface area contributed by atoms with E-state index >= 15 is 0 Å². The van der Waals surface area contributed by atoms with Gasteiger partial charge >= 0.3 is 6.18 Å². The topological polar surface area (TPSA) is 49.4 Å². The van der Waals surface area contributed by atoms with Crippen molar-refractivity contribution in [3.05, 3.63) is 59.1 Å². The monoisotopic (exact) mass is 370 g/mol. The standard InChI is InChI=1S/C17H14ClF3N2O2/c1-11(24)23(15-8-3-2-7-14(15)18)10-16(25)22-13-6-4-5-12(9-13)17(19,20)21/h2-9H,10H2,1H3,(H,22,25). The molecule has 25 heavy (non-hydrogen) atoms. The lowest BCUT2D eigenvalue weighted by atomic mass is 10.2. The number of nitrogens with one attached hydrogen (secondary N) is 1. The SMILES string of the molecule is CC(=O)N(CC(=O)Nc1cccc(C(F)(F)F)c1)c1ccccc1Cl. The number of rotatable bonds is 4. The zero-order valence-corrected chi connectivity index (χ0v) is 13.9. The molecular weight excluding hydrogens is 357 g/mol. The quantitative estimate of drug-likeness (QED) is 0.869. The van der Waals surface area contributed by atoms with Crippen LogP contribution in [-0.2, 0) is 15.8 Å². The van der Waals surface area contributed by atoms with Gasteiger partial charge in [0.1, 0.15) is 6.54 Å². The molecule has 132 valence electrons. The second kappa shape index (κ2) is 7.57. The van der Waals surface area contributed by atoms with Crippen LogP contribution in [0, 0.1) is 0 Å². The van der Waals surface area contributed by atoms with Gasteiger partial charge in [-0.25, -0.2) is 0 Å². The first-order chi connectivity index (χ1) is 11.7. The molecule has 0 aliphatic heterocycles. The molecule has 2 rings (SSSR count). The van der Waals surface area contributed by atoms with Gasteiger partial charge in [0.15, 0.2) is 0 Å². The molecule has 0 spiro atoms. The number of anilines is 2. The van der Waals surface area contributed by atoms with E-state index in [1.54, 1.807) is 24.3 Å². The van der Waals surface area contributed by atoms with Crippen LogP contribution in [0.1, 0.15) is 12.5 Å². The summed E-state index contributed by atoms with van der Waals surface area (Å²) >= 11 is 6.03. The average molecular weight is 371 g/mol. The number of amides is 2. The van der Waals surface area contributed by atoms with E-state index in [1.165, 1.54) is 19.1 Å². The predicted octanol–water partition coefficient (Wildman–Crippen LogP) is 4.35. The fourth-order valence-electron chi connectivity index (χ4n) is 2.15. The Morgan fingerprint density at radius 3 is 2.40 bits per heavy atom. The summed E-state index contributed by atoms with van der Waals surface area (Å²) in [5.41, 5.74) is -0.543. The van der Waals surface area contributed by atoms with Crippen LogP contribution in [0.4, 0.5) is 24.5 Å². The van der Waals surface area contributed by atoms with Gasteiger partial charge in [-0.3, -0.25) is 9.59 Å². The number of alkyl halides is 3. The molecule has 0 saturated heterocycles. The van der Waals surface area contributed by atoms with Crippen LogP contribution in [0.2, 0.25) is 5.02 Å². The van der Waals surface area contributed by atoms with Crippen LogP contribution < -0.4 is 10.2 Å². The molecule has 0 unspecified atom stereocenters. The number of halogens is 4. The maximum absolute atomic E-state index is 12.7. The largest absolute Gasteiger partial charge is 0.416 e. The zero-order valence-electron chi connectivity index (χ0n) is 13.1. The third kappa shape index (κ3) is 4.96. The van der Waals surface area contributed by atoms with Gasteiger partial charge in [-0.1, -0.05) is 29.8 Å². The Hall–Kier alpha value is -2.54. The second-order valence-corrected chi connectivity index (χ2v) is 5.59. The minimum Gasteiger partial charge on any atom is -0.325 e. The molecule has 0 heterocycles. The van der Waals surface area contributed by atoms with E-state index in [2.05, 4.69) is 5.32 Å². The highest BCUT2D eigenvalue weighted by molar-refractivity contribution is 6.33. The number of hydrogen-bond donors (Lipinski definition) is 1. The number of carbonyl (C=O) groups excluding carboxylic acids is 2. The first kappa shape index (κ1) is 18.8. The smallest absolute Gasteiger partial charge is 0.325 e. The van der Waals surface area contributed by atoms with Crippen molar-refractivity contribution in [3.8, 4) is 0 Å². The van der Waals surface area contributed by atoms with Gasteiger partial charge in [0.05, 0.1) is 16.3 Å². The van der Waals surface area contributed by atoms with Crippen LogP contribution in [0.5, 0.6) is 0 Å². The molecule has 2 aromatic carbocycles. The van der Waals surface area contributed by atoms with E-state index in [1.807, 2.05) is 0 Å². The fourth-order valence-corrected chi connectivity index (χ4v) is 2.39. The van der Waals surface area contributed by atoms with Gasteiger partial charge in [-0.2, -0.15) is 13.2 Å². The lowest BCUT2D eigenvalue weighted by Gasteiger charge is -2.21. The normalized spacial score (nSPS) is 11.1. The molecule has 0 saturated carbocycles. The van der Waals surface area contributed by atoms with Gasteiger partial charge in [-0.15, -0.1) is 0 Å². The Morgan fingerprint density at radius 1 is 1.12 bits per heavy atom. The zero-order chi connectivity index (χ0) is 18.6. The first-order valence-electron chi connectivity index (χ1n) is 7.18. The minimum atomic E-state index is -4.51. The van der Waals surface area contributed by atoms with Crippen molar-refractivity contribution in [2.75, 3.05) is 16.8 Å². The summed E-state index contributed by atoms with van der Waals surface area (Å²) in [4.78, 5) is 25.1. The molecule has 2 aromatic rings. The van der Waals surface area contributed by atoms with Gasteiger partial charge in [0.25, 0.3) is 0 Å². The Morgan fingerprint density at radius 2 is 1.80 bits per heavy atom. The minimum absolute atomic E-state index is 0.0116. The van der Waals surface area contributed by atoms with E-state index in [-0.39, 0.29) is 17.3 Å². The highest BCUT2D eigenvalue weighted by Crippen LogP contribution is 2.30. The third-order valence-corrected chi connectivity index (χ3v) is 3.62. The number of para-hydroxylation sites is 1. The molecule has 0 bridgehead atoms. The Bertz CT molecular complexity index is 793. The Labute approximate surface area is 147 Å². The van der Waals surface area contributed by atoms with Gasteiger partial charge < -0.3 is 10.2 Å². The molecule has 0 aromatic heterocycles. The maximum atomic E-state index is 12.7. The average Bonchev–Trinajstić information content (AvgIpc) is 2.52. The lowest BCUT2D eigenvalue weighted by molar-refractivity contribution is -0.137. The summed E-state index contributed by atoms with van der Waals surface area (Å²) in [6, 6.07) is 10.7. The van der Waals surface area contributed by atoms with Crippen molar-refractivity contribution in [2.24, 2.45) is 0 Å². The molecule has 8 heteroatoms. The molecule has 0 atom stereocenters.